The van der Waals surface area contributed by atoms with E-state index in [-0.39, 0.29) is 11.9 Å². The van der Waals surface area contributed by atoms with Gasteiger partial charge in [-0.05, 0) is 36.4 Å². The van der Waals surface area contributed by atoms with E-state index in [2.05, 4.69) is 5.32 Å². The lowest BCUT2D eigenvalue weighted by atomic mass is 9.91. The van der Waals surface area contributed by atoms with Crippen molar-refractivity contribution in [3.63, 3.8) is 0 Å². The number of carbonyl (C=O) groups excluding carboxylic acids is 2. The number of nitrogens with two attached hydrogens (primary N) is 1. The fourth-order valence-corrected chi connectivity index (χ4v) is 4.36. The molecule has 26 heavy (non-hydrogen) atoms. The number of nitrogens with one attached hydrogen (secondary N) is 1. The van der Waals surface area contributed by atoms with Gasteiger partial charge in [0.15, 0.2) is 0 Å². The molecule has 6 heteroatoms. The quantitative estimate of drug-likeness (QED) is 0.815. The predicted molar refractivity (Wildman–Crippen MR) is 103 cm³/mol. The third-order valence-corrected chi connectivity index (χ3v) is 5.81. The lowest BCUT2D eigenvalue weighted by molar-refractivity contribution is -0.122. The molecular formula is C20H24N2O3S. The summed E-state index contributed by atoms with van der Waals surface area (Å²) in [6.45, 7) is 0. The summed E-state index contributed by atoms with van der Waals surface area (Å²) in [6, 6.07) is 9.14. The molecule has 5 nitrogen and oxygen atoms in total. The van der Waals surface area contributed by atoms with E-state index in [1.165, 1.54) is 24.9 Å². The second kappa shape index (κ2) is 8.36. The van der Waals surface area contributed by atoms with Gasteiger partial charge in [-0.25, -0.2) is 0 Å². The highest BCUT2D eigenvalue weighted by Gasteiger charge is 2.29. The van der Waals surface area contributed by atoms with Gasteiger partial charge in [0.25, 0.3) is 0 Å². The first-order valence-electron chi connectivity index (χ1n) is 8.91. The first-order valence-corrected chi connectivity index (χ1v) is 9.79. The molecule has 0 aliphatic heterocycles. The first kappa shape index (κ1) is 18.5. The van der Waals surface area contributed by atoms with E-state index >= 15 is 0 Å². The monoisotopic (exact) mass is 372 g/mol. The Bertz CT molecular complexity index is 767. The van der Waals surface area contributed by atoms with E-state index in [9.17, 15) is 9.59 Å². The van der Waals surface area contributed by atoms with Gasteiger partial charge in [-0.1, -0.05) is 31.4 Å². The maximum Gasteiger partial charge on any atom is 0.248 e. The minimum absolute atomic E-state index is 0.0236. The molecule has 1 aliphatic rings. The maximum atomic E-state index is 13.1. The van der Waals surface area contributed by atoms with Gasteiger partial charge in [-0.3, -0.25) is 9.59 Å². The number of hydrogen-bond acceptors (Lipinski definition) is 4. The molecule has 1 unspecified atom stereocenters. The van der Waals surface area contributed by atoms with Crippen molar-refractivity contribution in [3.05, 3.63) is 51.7 Å². The Morgan fingerprint density at radius 3 is 2.62 bits per heavy atom. The molecule has 1 saturated carbocycles. The molecule has 1 aliphatic carbocycles. The number of thiophene rings is 1. The summed E-state index contributed by atoms with van der Waals surface area (Å²) in [5, 5.41) is 5.17. The van der Waals surface area contributed by atoms with Crippen LogP contribution in [0.2, 0.25) is 0 Å². The van der Waals surface area contributed by atoms with E-state index in [4.69, 9.17) is 10.5 Å². The van der Waals surface area contributed by atoms with Crippen LogP contribution in [0.5, 0.6) is 5.75 Å². The van der Waals surface area contributed by atoms with Crippen LogP contribution in [-0.2, 0) is 4.79 Å². The molecule has 0 radical (unpaired) electrons. The highest BCUT2D eigenvalue weighted by molar-refractivity contribution is 7.10. The Hall–Kier alpha value is -2.34. The molecule has 0 bridgehead atoms. The Morgan fingerprint density at radius 2 is 2.00 bits per heavy atom. The number of carbonyl (C=O) groups is 2. The van der Waals surface area contributed by atoms with Crippen molar-refractivity contribution in [2.45, 2.75) is 44.1 Å². The van der Waals surface area contributed by atoms with Crippen molar-refractivity contribution >= 4 is 23.2 Å². The van der Waals surface area contributed by atoms with E-state index in [1.807, 2.05) is 17.5 Å². The van der Waals surface area contributed by atoms with Crippen molar-refractivity contribution in [2.75, 3.05) is 7.11 Å². The van der Waals surface area contributed by atoms with Crippen molar-refractivity contribution in [3.8, 4) is 5.75 Å². The molecule has 2 aromatic rings. The Balaban J connectivity index is 1.94. The SMILES string of the molecule is COc1cc(C(N)=O)ccc1C(C(=O)NC1CCCCC1)c1cccs1. The van der Waals surface area contributed by atoms with E-state index < -0.39 is 11.8 Å². The Morgan fingerprint density at radius 1 is 1.23 bits per heavy atom. The summed E-state index contributed by atoms with van der Waals surface area (Å²) in [5.74, 6) is -0.508. The topological polar surface area (TPSA) is 81.4 Å². The van der Waals surface area contributed by atoms with Crippen molar-refractivity contribution < 1.29 is 14.3 Å². The number of benzene rings is 1. The number of hydrogen-bond donors (Lipinski definition) is 2. The standard InChI is InChI=1S/C20H24N2O3S/c1-25-16-12-13(19(21)23)9-10-15(16)18(17-8-5-11-26-17)20(24)22-14-6-3-2-4-7-14/h5,8-12,14,18H,2-4,6-7H2,1H3,(H2,21,23)(H,22,24). The van der Waals surface area contributed by atoms with Crippen LogP contribution in [-0.4, -0.2) is 25.0 Å². The van der Waals surface area contributed by atoms with Crippen LogP contribution < -0.4 is 15.8 Å². The zero-order valence-electron chi connectivity index (χ0n) is 14.9. The second-order valence-electron chi connectivity index (χ2n) is 6.61. The van der Waals surface area contributed by atoms with E-state index in [0.29, 0.717) is 11.3 Å². The van der Waals surface area contributed by atoms with Crippen LogP contribution in [0.1, 0.15) is 58.8 Å². The van der Waals surface area contributed by atoms with Crippen LogP contribution in [0.15, 0.2) is 35.7 Å². The molecule has 3 rings (SSSR count). The summed E-state index contributed by atoms with van der Waals surface area (Å²) >= 11 is 1.54. The lowest BCUT2D eigenvalue weighted by Gasteiger charge is -2.26. The van der Waals surface area contributed by atoms with Gasteiger partial charge in [0.2, 0.25) is 11.8 Å². The molecule has 1 aromatic carbocycles. The van der Waals surface area contributed by atoms with Crippen molar-refractivity contribution in [2.24, 2.45) is 5.73 Å². The number of methoxy groups -OCH3 is 1. The van der Waals surface area contributed by atoms with Crippen molar-refractivity contribution in [1.29, 1.82) is 0 Å². The Kier molecular flexibility index (Phi) is 5.93. The van der Waals surface area contributed by atoms with E-state index in [0.717, 1.165) is 36.1 Å². The summed E-state index contributed by atoms with van der Waals surface area (Å²) in [5.41, 5.74) is 6.48. The molecule has 1 atom stereocenters. The van der Waals surface area contributed by atoms with Crippen molar-refractivity contribution in [1.82, 2.24) is 5.32 Å². The molecule has 1 fully saturated rings. The second-order valence-corrected chi connectivity index (χ2v) is 7.59. The summed E-state index contributed by atoms with van der Waals surface area (Å²) in [4.78, 5) is 25.6. The lowest BCUT2D eigenvalue weighted by Crippen LogP contribution is -2.39. The average Bonchev–Trinajstić information content (AvgIpc) is 3.17. The zero-order chi connectivity index (χ0) is 18.5. The highest BCUT2D eigenvalue weighted by Crippen LogP contribution is 2.35. The van der Waals surface area contributed by atoms with Gasteiger partial charge in [-0.2, -0.15) is 0 Å². The molecule has 2 amide bonds. The molecule has 0 saturated heterocycles. The van der Waals surface area contributed by atoms with Crippen LogP contribution in [0.25, 0.3) is 0 Å². The fraction of sp³-hybridized carbons (Fsp3) is 0.400. The van der Waals surface area contributed by atoms with Gasteiger partial charge in [0.1, 0.15) is 11.7 Å². The normalized spacial score (nSPS) is 16.0. The van der Waals surface area contributed by atoms with E-state index in [1.54, 1.807) is 18.2 Å². The van der Waals surface area contributed by atoms with Gasteiger partial charge >= 0.3 is 0 Å². The summed E-state index contributed by atoms with van der Waals surface area (Å²) in [6.07, 6.45) is 5.61. The predicted octanol–water partition coefficient (Wildman–Crippen LogP) is 3.44. The van der Waals surface area contributed by atoms with Gasteiger partial charge < -0.3 is 15.8 Å². The number of ether oxygens (including phenoxy) is 1. The first-order chi connectivity index (χ1) is 12.6. The van der Waals surface area contributed by atoms with Crippen LogP contribution >= 0.6 is 11.3 Å². The largest absolute Gasteiger partial charge is 0.496 e. The smallest absolute Gasteiger partial charge is 0.248 e. The zero-order valence-corrected chi connectivity index (χ0v) is 15.7. The number of amides is 2. The highest BCUT2D eigenvalue weighted by atomic mass is 32.1. The molecular weight excluding hydrogens is 348 g/mol. The summed E-state index contributed by atoms with van der Waals surface area (Å²) < 4.78 is 5.47. The molecule has 1 aromatic heterocycles. The number of rotatable bonds is 6. The molecule has 138 valence electrons. The minimum atomic E-state index is -0.519. The Labute approximate surface area is 157 Å². The third kappa shape index (κ3) is 4.07. The fourth-order valence-electron chi connectivity index (χ4n) is 3.51. The summed E-state index contributed by atoms with van der Waals surface area (Å²) in [7, 11) is 1.54. The van der Waals surface area contributed by atoms with Crippen LogP contribution in [0.4, 0.5) is 0 Å². The van der Waals surface area contributed by atoms with Gasteiger partial charge in [-0.15, -0.1) is 11.3 Å². The third-order valence-electron chi connectivity index (χ3n) is 4.87. The van der Waals surface area contributed by atoms with Gasteiger partial charge in [0.05, 0.1) is 7.11 Å². The average molecular weight is 372 g/mol. The van der Waals surface area contributed by atoms with Gasteiger partial charge in [0, 0.05) is 22.0 Å². The van der Waals surface area contributed by atoms with Crippen LogP contribution in [0.3, 0.4) is 0 Å². The molecule has 3 N–H and O–H groups in total. The van der Waals surface area contributed by atoms with Crippen LogP contribution in [0, 0.1) is 0 Å². The number of primary amides is 1. The molecule has 0 spiro atoms. The maximum absolute atomic E-state index is 13.1. The molecule has 1 heterocycles. The minimum Gasteiger partial charge on any atom is -0.496 e.